The predicted octanol–water partition coefficient (Wildman–Crippen LogP) is -1.81. The van der Waals surface area contributed by atoms with E-state index < -0.39 is 15.8 Å². The molecule has 0 radical (unpaired) electrons. The first kappa shape index (κ1) is 15.8. The van der Waals surface area contributed by atoms with Crippen LogP contribution in [0.1, 0.15) is 18.0 Å². The van der Waals surface area contributed by atoms with Gasteiger partial charge in [-0.3, -0.25) is 0 Å². The van der Waals surface area contributed by atoms with E-state index in [9.17, 15) is 18.3 Å². The maximum absolute atomic E-state index is 11.5. The minimum Gasteiger partial charge on any atom is -0.550 e. The molecule has 21 heavy (non-hydrogen) atoms. The number of ether oxygens (including phenoxy) is 1. The van der Waals surface area contributed by atoms with Crippen molar-refractivity contribution in [2.75, 3.05) is 31.7 Å². The van der Waals surface area contributed by atoms with Crippen LogP contribution in [0.5, 0.6) is 5.75 Å². The Bertz CT molecular complexity index is 582. The van der Waals surface area contributed by atoms with Gasteiger partial charge < -0.3 is 19.5 Å². The molecule has 0 bridgehead atoms. The summed E-state index contributed by atoms with van der Waals surface area (Å²) in [5.41, 5.74) is 0.856. The number of aliphatic carboxylic acids is 1. The second-order valence-corrected chi connectivity index (χ2v) is 7.52. The number of hydrogen-bond donors (Lipinski definition) is 1. The summed E-state index contributed by atoms with van der Waals surface area (Å²) in [6.45, 7) is 0.846. The molecule has 1 aromatic rings. The van der Waals surface area contributed by atoms with Crippen LogP contribution in [0, 0.1) is 0 Å². The molecule has 1 aliphatic heterocycles. The number of quaternary nitrogens is 1. The molecule has 2 rings (SSSR count). The van der Waals surface area contributed by atoms with Gasteiger partial charge in [0.1, 0.15) is 11.8 Å². The molecule has 6 nitrogen and oxygen atoms in total. The van der Waals surface area contributed by atoms with Gasteiger partial charge in [-0.15, -0.1) is 0 Å². The molecule has 1 fully saturated rings. The SMILES string of the molecule is COc1ccc([C@@H](CC(=O)[O-])[NH+]2CCS(=O)(=O)CC2)cc1. The van der Waals surface area contributed by atoms with Gasteiger partial charge in [0.25, 0.3) is 0 Å². The standard InChI is InChI=1S/C14H19NO5S/c1-20-12-4-2-11(3-5-12)13(10-14(16)17)15-6-8-21(18,19)9-7-15/h2-5,13H,6-10H2,1H3,(H,16,17)/t13-/m1/s1. The van der Waals surface area contributed by atoms with Gasteiger partial charge in [-0.2, -0.15) is 0 Å². The van der Waals surface area contributed by atoms with Gasteiger partial charge in [0.05, 0.1) is 31.7 Å². The lowest BCUT2D eigenvalue weighted by molar-refractivity contribution is -0.928. The van der Waals surface area contributed by atoms with Crippen molar-refractivity contribution in [2.45, 2.75) is 12.5 Å². The van der Waals surface area contributed by atoms with Gasteiger partial charge in [-0.05, 0) is 24.3 Å². The average Bonchev–Trinajstić information content (AvgIpc) is 2.45. The fourth-order valence-corrected chi connectivity index (χ4v) is 4.00. The van der Waals surface area contributed by atoms with E-state index in [4.69, 9.17) is 4.74 Å². The molecule has 0 saturated carbocycles. The van der Waals surface area contributed by atoms with Gasteiger partial charge >= 0.3 is 0 Å². The summed E-state index contributed by atoms with van der Waals surface area (Å²) in [5, 5.41) is 11.0. The zero-order valence-electron chi connectivity index (χ0n) is 11.9. The Labute approximate surface area is 124 Å². The Hall–Kier alpha value is -1.60. The third-order valence-electron chi connectivity index (χ3n) is 3.85. The molecule has 116 valence electrons. The van der Waals surface area contributed by atoms with Crippen LogP contribution in [0.3, 0.4) is 0 Å². The van der Waals surface area contributed by atoms with Crippen molar-refractivity contribution in [2.24, 2.45) is 0 Å². The summed E-state index contributed by atoms with van der Waals surface area (Å²) in [6, 6.07) is 6.90. The Morgan fingerprint density at radius 1 is 1.29 bits per heavy atom. The van der Waals surface area contributed by atoms with Crippen molar-refractivity contribution in [3.63, 3.8) is 0 Å². The number of sulfone groups is 1. The molecule has 1 saturated heterocycles. The monoisotopic (exact) mass is 313 g/mol. The first-order valence-electron chi connectivity index (χ1n) is 6.80. The summed E-state index contributed by atoms with van der Waals surface area (Å²) in [4.78, 5) is 12.0. The smallest absolute Gasteiger partial charge is 0.161 e. The van der Waals surface area contributed by atoms with Crippen molar-refractivity contribution in [1.29, 1.82) is 0 Å². The fourth-order valence-electron chi connectivity index (χ4n) is 2.65. The highest BCUT2D eigenvalue weighted by Gasteiger charge is 2.31. The highest BCUT2D eigenvalue weighted by Crippen LogP contribution is 2.18. The summed E-state index contributed by atoms with van der Waals surface area (Å²) in [7, 11) is -1.41. The number of methoxy groups -OCH3 is 1. The number of benzene rings is 1. The Balaban J connectivity index is 2.19. The molecule has 0 unspecified atom stereocenters. The number of carbonyl (C=O) groups excluding carboxylic acids is 1. The lowest BCUT2D eigenvalue weighted by Gasteiger charge is -2.32. The lowest BCUT2D eigenvalue weighted by atomic mass is 10.0. The van der Waals surface area contributed by atoms with Gasteiger partial charge in [0, 0.05) is 18.0 Å². The fraction of sp³-hybridized carbons (Fsp3) is 0.500. The summed E-state index contributed by atoms with van der Waals surface area (Å²) < 4.78 is 28.1. The van der Waals surface area contributed by atoms with E-state index in [1.165, 1.54) is 0 Å². The highest BCUT2D eigenvalue weighted by atomic mass is 32.2. The van der Waals surface area contributed by atoms with E-state index in [0.717, 1.165) is 10.5 Å². The van der Waals surface area contributed by atoms with Gasteiger partial charge in [-0.25, -0.2) is 8.42 Å². The Morgan fingerprint density at radius 3 is 2.33 bits per heavy atom. The van der Waals surface area contributed by atoms with Gasteiger partial charge in [-0.1, -0.05) is 0 Å². The molecule has 1 aliphatic rings. The molecule has 0 amide bonds. The summed E-state index contributed by atoms with van der Waals surface area (Å²) in [5.74, 6) is -0.233. The number of rotatable bonds is 5. The second-order valence-electron chi connectivity index (χ2n) is 5.21. The normalized spacial score (nSPS) is 19.9. The lowest BCUT2D eigenvalue weighted by Crippen LogP contribution is -3.14. The van der Waals surface area contributed by atoms with Crippen LogP contribution in [-0.2, 0) is 14.6 Å². The minimum atomic E-state index is -2.97. The van der Waals surface area contributed by atoms with E-state index in [1.807, 2.05) is 12.1 Å². The van der Waals surface area contributed by atoms with Crippen LogP contribution in [0.15, 0.2) is 24.3 Å². The zero-order valence-corrected chi connectivity index (χ0v) is 12.7. The maximum atomic E-state index is 11.5. The number of carboxylic acids is 1. The van der Waals surface area contributed by atoms with Crippen LogP contribution >= 0.6 is 0 Å². The van der Waals surface area contributed by atoms with E-state index in [-0.39, 0.29) is 24.0 Å². The molecular weight excluding hydrogens is 294 g/mol. The molecule has 7 heteroatoms. The van der Waals surface area contributed by atoms with Gasteiger partial charge in [0.2, 0.25) is 0 Å². The van der Waals surface area contributed by atoms with Crippen LogP contribution in [-0.4, -0.2) is 46.1 Å². The first-order chi connectivity index (χ1) is 9.91. The van der Waals surface area contributed by atoms with E-state index in [2.05, 4.69) is 0 Å². The van der Waals surface area contributed by atoms with Crippen molar-refractivity contribution in [3.05, 3.63) is 29.8 Å². The van der Waals surface area contributed by atoms with Crippen molar-refractivity contribution >= 4 is 15.8 Å². The van der Waals surface area contributed by atoms with Crippen LogP contribution in [0.4, 0.5) is 0 Å². The number of carbonyl (C=O) groups is 1. The van der Waals surface area contributed by atoms with Crippen molar-refractivity contribution in [3.8, 4) is 5.75 Å². The van der Waals surface area contributed by atoms with E-state index >= 15 is 0 Å². The first-order valence-corrected chi connectivity index (χ1v) is 8.62. The molecular formula is C14H19NO5S. The van der Waals surface area contributed by atoms with Crippen LogP contribution in [0.2, 0.25) is 0 Å². The Kier molecular flexibility index (Phi) is 4.84. The van der Waals surface area contributed by atoms with Crippen molar-refractivity contribution < 1.29 is 28.0 Å². The number of carboxylic acid groups (broad SMARTS) is 1. The molecule has 1 N–H and O–H groups in total. The summed E-state index contributed by atoms with van der Waals surface area (Å²) in [6.07, 6.45) is -0.123. The third kappa shape index (κ3) is 4.18. The molecule has 1 atom stereocenters. The topological polar surface area (TPSA) is 87.9 Å². The highest BCUT2D eigenvalue weighted by molar-refractivity contribution is 7.91. The molecule has 1 heterocycles. The molecule has 0 aromatic heterocycles. The van der Waals surface area contributed by atoms with Crippen LogP contribution < -0.4 is 14.7 Å². The Morgan fingerprint density at radius 2 is 1.86 bits per heavy atom. The molecule has 0 spiro atoms. The van der Waals surface area contributed by atoms with Gasteiger partial charge in [0.15, 0.2) is 9.84 Å². The quantitative estimate of drug-likeness (QED) is 0.692. The molecule has 0 aliphatic carbocycles. The summed E-state index contributed by atoms with van der Waals surface area (Å²) >= 11 is 0. The maximum Gasteiger partial charge on any atom is 0.161 e. The largest absolute Gasteiger partial charge is 0.550 e. The zero-order chi connectivity index (χ0) is 15.5. The average molecular weight is 313 g/mol. The predicted molar refractivity (Wildman–Crippen MR) is 74.7 cm³/mol. The third-order valence-corrected chi connectivity index (χ3v) is 5.50. The van der Waals surface area contributed by atoms with E-state index in [0.29, 0.717) is 18.8 Å². The molecule has 1 aromatic carbocycles. The number of nitrogens with one attached hydrogen (secondary N) is 1. The van der Waals surface area contributed by atoms with Crippen LogP contribution in [0.25, 0.3) is 0 Å². The number of hydrogen-bond acceptors (Lipinski definition) is 5. The minimum absolute atomic E-state index is 0.0992. The van der Waals surface area contributed by atoms with E-state index in [1.54, 1.807) is 19.2 Å². The second kappa shape index (κ2) is 6.44. The van der Waals surface area contributed by atoms with Crippen molar-refractivity contribution in [1.82, 2.24) is 0 Å².